The molecule has 0 aromatic rings. The van der Waals surface area contributed by atoms with Gasteiger partial charge in [0.05, 0.1) is 24.9 Å². The van der Waals surface area contributed by atoms with Gasteiger partial charge in [0.25, 0.3) is 0 Å². The Hall–Kier alpha value is -0.850. The largest absolute Gasteiger partial charge is 0.449 e. The molecule has 0 spiro atoms. The topological polar surface area (TPSA) is 90.2 Å². The van der Waals surface area contributed by atoms with Gasteiger partial charge in [0, 0.05) is 13.1 Å². The fourth-order valence-corrected chi connectivity index (χ4v) is 10.5. The number of aliphatic hydroxyl groups excluding tert-OH is 3. The number of hydrogen-bond donors (Lipinski definition) is 3. The maximum absolute atomic E-state index is 12.4. The number of nitrogens with zero attached hydrogens (tertiary/aromatic N) is 1. The van der Waals surface area contributed by atoms with Crippen LogP contribution >= 0.6 is 0 Å². The standard InChI is InChI=1S/C30H51NO5/c1-5-21-25-16-19(32)8-12-30(25,4)24-9-13-29(3)22(6-7-23(29)26(24)27(21)34)18(2)11-15-36-28(35)31-14-10-20(33)17-31/h18-27,32-34H,5-17H2,1-4H3/t18-,19-,20-,21-,22-,23+,24+,25?,26+,27-,29-,30-/m1/s1. The number of amides is 1. The molecule has 1 saturated heterocycles. The summed E-state index contributed by atoms with van der Waals surface area (Å²) in [5, 5.41) is 32.0. The average Bonchev–Trinajstić information content (AvgIpc) is 3.43. The number of fused-ring (bicyclic) bond motifs is 5. The van der Waals surface area contributed by atoms with Gasteiger partial charge in [-0.2, -0.15) is 0 Å². The van der Waals surface area contributed by atoms with Crippen molar-refractivity contribution in [3.63, 3.8) is 0 Å². The molecule has 0 aromatic carbocycles. The van der Waals surface area contributed by atoms with Crippen LogP contribution in [0.25, 0.3) is 0 Å². The Labute approximate surface area is 218 Å². The number of rotatable bonds is 5. The van der Waals surface area contributed by atoms with Crippen molar-refractivity contribution in [3.8, 4) is 0 Å². The first kappa shape index (κ1) is 26.7. The van der Waals surface area contributed by atoms with Gasteiger partial charge in [-0.05, 0) is 110 Å². The number of carbonyl (C=O) groups is 1. The van der Waals surface area contributed by atoms with Gasteiger partial charge in [0.2, 0.25) is 0 Å². The minimum atomic E-state index is -0.416. The van der Waals surface area contributed by atoms with Crippen molar-refractivity contribution in [1.82, 2.24) is 4.90 Å². The van der Waals surface area contributed by atoms with E-state index in [1.807, 2.05) is 0 Å². The molecule has 206 valence electrons. The molecule has 6 nitrogen and oxygen atoms in total. The summed E-state index contributed by atoms with van der Waals surface area (Å²) in [5.74, 6) is 3.32. The van der Waals surface area contributed by atoms with Crippen LogP contribution in [-0.4, -0.2) is 64.3 Å². The molecule has 4 aliphatic carbocycles. The normalized spacial score (nSPS) is 49.2. The zero-order chi connectivity index (χ0) is 25.8. The van der Waals surface area contributed by atoms with Gasteiger partial charge in [-0.1, -0.05) is 34.1 Å². The second-order valence-corrected chi connectivity index (χ2v) is 13.9. The quantitative estimate of drug-likeness (QED) is 0.497. The Morgan fingerprint density at radius 3 is 2.39 bits per heavy atom. The van der Waals surface area contributed by atoms with Gasteiger partial charge in [-0.15, -0.1) is 0 Å². The molecule has 1 heterocycles. The van der Waals surface area contributed by atoms with Gasteiger partial charge in [0.15, 0.2) is 0 Å². The molecule has 0 bridgehead atoms. The Kier molecular flexibility index (Phi) is 7.46. The summed E-state index contributed by atoms with van der Waals surface area (Å²) in [4.78, 5) is 14.0. The first-order valence-electron chi connectivity index (χ1n) is 15.1. The van der Waals surface area contributed by atoms with Gasteiger partial charge >= 0.3 is 6.09 Å². The van der Waals surface area contributed by atoms with E-state index in [0.29, 0.717) is 67.5 Å². The van der Waals surface area contributed by atoms with Crippen molar-refractivity contribution in [1.29, 1.82) is 0 Å². The summed E-state index contributed by atoms with van der Waals surface area (Å²) in [6.45, 7) is 11.0. The van der Waals surface area contributed by atoms with E-state index >= 15 is 0 Å². The van der Waals surface area contributed by atoms with E-state index in [1.165, 1.54) is 25.7 Å². The fraction of sp³-hybridized carbons (Fsp3) is 0.967. The highest BCUT2D eigenvalue weighted by atomic mass is 16.6. The fourth-order valence-electron chi connectivity index (χ4n) is 10.5. The number of ether oxygens (including phenoxy) is 1. The van der Waals surface area contributed by atoms with Crippen molar-refractivity contribution in [2.75, 3.05) is 19.7 Å². The summed E-state index contributed by atoms with van der Waals surface area (Å²) in [7, 11) is 0. The van der Waals surface area contributed by atoms with Crippen LogP contribution in [0.1, 0.15) is 91.9 Å². The van der Waals surface area contributed by atoms with Crippen LogP contribution in [-0.2, 0) is 4.74 Å². The zero-order valence-electron chi connectivity index (χ0n) is 23.1. The molecule has 4 saturated carbocycles. The van der Waals surface area contributed by atoms with Crippen LogP contribution in [0.4, 0.5) is 4.79 Å². The molecular weight excluding hydrogens is 454 g/mol. The number of hydrogen-bond acceptors (Lipinski definition) is 5. The third-order valence-electron chi connectivity index (χ3n) is 12.4. The predicted molar refractivity (Wildman–Crippen MR) is 139 cm³/mol. The highest BCUT2D eigenvalue weighted by molar-refractivity contribution is 5.68. The highest BCUT2D eigenvalue weighted by Gasteiger charge is 2.64. The van der Waals surface area contributed by atoms with E-state index in [0.717, 1.165) is 32.1 Å². The van der Waals surface area contributed by atoms with Crippen LogP contribution in [0.2, 0.25) is 0 Å². The SMILES string of the molecule is CC[C@@H]1C2C[C@H](O)CC[C@]2(C)[C@H]2CC[C@]3(C)[C@@H]([C@H](C)CCOC(=O)N4CC[C@@H](O)C4)CC[C@H]3[C@@H]2[C@@H]1O. The van der Waals surface area contributed by atoms with Crippen LogP contribution in [0.3, 0.4) is 0 Å². The molecular formula is C30H51NO5. The maximum Gasteiger partial charge on any atom is 0.409 e. The highest BCUT2D eigenvalue weighted by Crippen LogP contribution is 2.69. The molecule has 0 aromatic heterocycles. The van der Waals surface area contributed by atoms with Crippen molar-refractivity contribution >= 4 is 6.09 Å². The molecule has 0 radical (unpaired) electrons. The van der Waals surface area contributed by atoms with Crippen LogP contribution in [0, 0.1) is 52.3 Å². The third-order valence-corrected chi connectivity index (χ3v) is 12.4. The minimum Gasteiger partial charge on any atom is -0.449 e. The summed E-state index contributed by atoms with van der Waals surface area (Å²) >= 11 is 0. The summed E-state index contributed by atoms with van der Waals surface area (Å²) in [6.07, 6.45) is 9.09. The molecule has 12 atom stereocenters. The molecule has 6 heteroatoms. The first-order valence-corrected chi connectivity index (χ1v) is 15.1. The van der Waals surface area contributed by atoms with Gasteiger partial charge in [-0.3, -0.25) is 0 Å². The second kappa shape index (κ2) is 10.0. The average molecular weight is 506 g/mol. The van der Waals surface area contributed by atoms with Crippen LogP contribution in [0.5, 0.6) is 0 Å². The lowest BCUT2D eigenvalue weighted by atomic mass is 9.41. The van der Waals surface area contributed by atoms with Gasteiger partial charge < -0.3 is 25.0 Å². The Morgan fingerprint density at radius 2 is 1.69 bits per heavy atom. The number of aliphatic hydroxyl groups is 3. The van der Waals surface area contributed by atoms with E-state index in [-0.39, 0.29) is 29.1 Å². The lowest BCUT2D eigenvalue weighted by molar-refractivity contribution is -0.203. The molecule has 5 aliphatic rings. The van der Waals surface area contributed by atoms with Crippen molar-refractivity contribution < 1.29 is 24.9 Å². The zero-order valence-corrected chi connectivity index (χ0v) is 23.1. The van der Waals surface area contributed by atoms with Gasteiger partial charge in [-0.25, -0.2) is 4.79 Å². The molecule has 5 rings (SSSR count). The first-order chi connectivity index (χ1) is 17.1. The molecule has 1 unspecified atom stereocenters. The minimum absolute atomic E-state index is 0.198. The Bertz CT molecular complexity index is 806. The maximum atomic E-state index is 12.4. The lowest BCUT2D eigenvalue weighted by Crippen LogP contribution is -2.62. The number of likely N-dealkylation sites (tertiary alicyclic amines) is 1. The smallest absolute Gasteiger partial charge is 0.409 e. The summed E-state index contributed by atoms with van der Waals surface area (Å²) in [6, 6.07) is 0. The van der Waals surface area contributed by atoms with Crippen LogP contribution in [0.15, 0.2) is 0 Å². The van der Waals surface area contributed by atoms with Gasteiger partial charge in [0.1, 0.15) is 0 Å². The number of carbonyl (C=O) groups excluding carboxylic acids is 1. The lowest BCUT2D eigenvalue weighted by Gasteiger charge is -2.64. The summed E-state index contributed by atoms with van der Waals surface area (Å²) < 4.78 is 5.60. The Morgan fingerprint density at radius 1 is 0.972 bits per heavy atom. The van der Waals surface area contributed by atoms with E-state index in [9.17, 15) is 20.1 Å². The molecule has 5 fully saturated rings. The predicted octanol–water partition coefficient (Wildman–Crippen LogP) is 4.84. The van der Waals surface area contributed by atoms with E-state index in [4.69, 9.17) is 4.74 Å². The molecule has 1 amide bonds. The van der Waals surface area contributed by atoms with E-state index < -0.39 is 6.10 Å². The Balaban J connectivity index is 1.26. The van der Waals surface area contributed by atoms with E-state index in [1.54, 1.807) is 4.90 Å². The van der Waals surface area contributed by atoms with Crippen molar-refractivity contribution in [2.24, 2.45) is 52.3 Å². The third kappa shape index (κ3) is 4.31. The van der Waals surface area contributed by atoms with E-state index in [2.05, 4.69) is 27.7 Å². The van der Waals surface area contributed by atoms with Crippen LogP contribution < -0.4 is 0 Å². The summed E-state index contributed by atoms with van der Waals surface area (Å²) in [5.41, 5.74) is 0.479. The molecule has 3 N–H and O–H groups in total. The monoisotopic (exact) mass is 505 g/mol. The van der Waals surface area contributed by atoms with Crippen molar-refractivity contribution in [2.45, 2.75) is 110 Å². The number of β-amino-alcohol motifs (C(OH)–C–C–N with tert-alkyl or cyclic N) is 1. The molecule has 1 aliphatic heterocycles. The second-order valence-electron chi connectivity index (χ2n) is 13.9. The van der Waals surface area contributed by atoms with Crippen molar-refractivity contribution in [3.05, 3.63) is 0 Å². The molecule has 36 heavy (non-hydrogen) atoms.